The summed E-state index contributed by atoms with van der Waals surface area (Å²) >= 11 is 3.42. The molecule has 1 amide bonds. The Bertz CT molecular complexity index is 682. The van der Waals surface area contributed by atoms with Gasteiger partial charge in [-0.05, 0) is 47.9 Å². The first-order valence-electron chi connectivity index (χ1n) is 6.53. The highest BCUT2D eigenvalue weighted by Gasteiger charge is 2.14. The Morgan fingerprint density at radius 1 is 1.15 bits per heavy atom. The van der Waals surface area contributed by atoms with Crippen LogP contribution in [0.25, 0.3) is 0 Å². The molecule has 0 radical (unpaired) electrons. The average molecular weight is 331 g/mol. The number of fused-ring (bicyclic) bond motifs is 1. The number of rotatable bonds is 2. The van der Waals surface area contributed by atoms with Crippen molar-refractivity contribution in [1.82, 2.24) is 5.32 Å². The van der Waals surface area contributed by atoms with E-state index < -0.39 is 0 Å². The number of hydrogen-bond donors (Lipinski definition) is 2. The molecule has 20 heavy (non-hydrogen) atoms. The van der Waals surface area contributed by atoms with Crippen molar-refractivity contribution < 1.29 is 4.79 Å². The van der Waals surface area contributed by atoms with Gasteiger partial charge in [0.25, 0.3) is 5.91 Å². The van der Waals surface area contributed by atoms with Crippen molar-refractivity contribution in [3.05, 3.63) is 63.1 Å². The van der Waals surface area contributed by atoms with Gasteiger partial charge in [0.2, 0.25) is 0 Å². The van der Waals surface area contributed by atoms with Crippen LogP contribution in [0, 0.1) is 6.92 Å². The van der Waals surface area contributed by atoms with Crippen LogP contribution in [-0.2, 0) is 13.1 Å². The van der Waals surface area contributed by atoms with Crippen LogP contribution in [0.4, 0.5) is 5.69 Å². The summed E-state index contributed by atoms with van der Waals surface area (Å²) in [4.78, 5) is 12.3. The van der Waals surface area contributed by atoms with E-state index >= 15 is 0 Å². The number of carbonyl (C=O) groups is 1. The molecule has 1 heterocycles. The Balaban J connectivity index is 1.84. The van der Waals surface area contributed by atoms with Gasteiger partial charge in [-0.25, -0.2) is 0 Å². The molecule has 3 rings (SSSR count). The van der Waals surface area contributed by atoms with Crippen LogP contribution in [0.2, 0.25) is 0 Å². The number of carbonyl (C=O) groups excluding carboxylic acids is 1. The molecule has 0 spiro atoms. The van der Waals surface area contributed by atoms with Crippen molar-refractivity contribution in [2.45, 2.75) is 20.0 Å². The number of halogens is 1. The summed E-state index contributed by atoms with van der Waals surface area (Å²) in [6.07, 6.45) is 0. The molecule has 2 aromatic rings. The van der Waals surface area contributed by atoms with Gasteiger partial charge in [0, 0.05) is 28.8 Å². The van der Waals surface area contributed by atoms with Gasteiger partial charge in [-0.15, -0.1) is 0 Å². The van der Waals surface area contributed by atoms with Crippen LogP contribution < -0.4 is 10.6 Å². The standard InChI is InChI=1S/C16H15BrN2O/c1-10-2-5-14(17)7-15(10)19-16(20)11-3-4-12-8-18-9-13(12)6-11/h2-7,18H,8-9H2,1H3,(H,19,20). The van der Waals surface area contributed by atoms with Crippen molar-refractivity contribution in [3.63, 3.8) is 0 Å². The van der Waals surface area contributed by atoms with E-state index in [2.05, 4.69) is 26.6 Å². The van der Waals surface area contributed by atoms with Crippen LogP contribution in [-0.4, -0.2) is 5.91 Å². The predicted octanol–water partition coefficient (Wildman–Crippen LogP) is 3.61. The number of nitrogens with one attached hydrogen (secondary N) is 2. The number of amides is 1. The van der Waals surface area contributed by atoms with Crippen molar-refractivity contribution in [1.29, 1.82) is 0 Å². The average Bonchev–Trinajstić information content (AvgIpc) is 2.90. The maximum atomic E-state index is 12.3. The van der Waals surface area contributed by atoms with Crippen molar-refractivity contribution in [2.75, 3.05) is 5.32 Å². The predicted molar refractivity (Wildman–Crippen MR) is 83.8 cm³/mol. The topological polar surface area (TPSA) is 41.1 Å². The molecule has 0 saturated heterocycles. The van der Waals surface area contributed by atoms with Crippen molar-refractivity contribution >= 4 is 27.5 Å². The maximum absolute atomic E-state index is 12.3. The molecule has 0 bridgehead atoms. The molecule has 0 atom stereocenters. The SMILES string of the molecule is Cc1ccc(Br)cc1NC(=O)c1ccc2c(c1)CNC2. The van der Waals surface area contributed by atoms with Crippen molar-refractivity contribution in [2.24, 2.45) is 0 Å². The van der Waals surface area contributed by atoms with Crippen molar-refractivity contribution in [3.8, 4) is 0 Å². The highest BCUT2D eigenvalue weighted by atomic mass is 79.9. The minimum Gasteiger partial charge on any atom is -0.322 e. The largest absolute Gasteiger partial charge is 0.322 e. The van der Waals surface area contributed by atoms with Crippen LogP contribution in [0.1, 0.15) is 27.0 Å². The minimum atomic E-state index is -0.0686. The molecule has 102 valence electrons. The van der Waals surface area contributed by atoms with E-state index in [1.165, 1.54) is 11.1 Å². The van der Waals surface area contributed by atoms with E-state index in [0.717, 1.165) is 28.8 Å². The Morgan fingerprint density at radius 3 is 2.80 bits per heavy atom. The molecule has 0 aromatic heterocycles. The molecule has 4 heteroatoms. The third-order valence-electron chi connectivity index (χ3n) is 3.55. The van der Waals surface area contributed by atoms with E-state index in [1.807, 2.05) is 43.3 Å². The zero-order chi connectivity index (χ0) is 14.1. The molecule has 3 nitrogen and oxygen atoms in total. The highest BCUT2D eigenvalue weighted by Crippen LogP contribution is 2.22. The quantitative estimate of drug-likeness (QED) is 0.883. The Hall–Kier alpha value is -1.65. The minimum absolute atomic E-state index is 0.0686. The highest BCUT2D eigenvalue weighted by molar-refractivity contribution is 9.10. The first kappa shape index (κ1) is 13.3. The Kier molecular flexibility index (Phi) is 3.59. The summed E-state index contributed by atoms with van der Waals surface area (Å²) in [5, 5.41) is 6.25. The lowest BCUT2D eigenvalue weighted by molar-refractivity contribution is 0.102. The van der Waals surface area contributed by atoms with Crippen LogP contribution in [0.5, 0.6) is 0 Å². The fraction of sp³-hybridized carbons (Fsp3) is 0.188. The van der Waals surface area contributed by atoms with Gasteiger partial charge in [-0.2, -0.15) is 0 Å². The van der Waals surface area contributed by atoms with E-state index in [1.54, 1.807) is 0 Å². The second-order valence-corrected chi connectivity index (χ2v) is 5.92. The number of aryl methyl sites for hydroxylation is 1. The molecule has 0 fully saturated rings. The molecule has 0 saturated carbocycles. The van der Waals surface area contributed by atoms with Gasteiger partial charge in [0.05, 0.1) is 0 Å². The monoisotopic (exact) mass is 330 g/mol. The zero-order valence-corrected chi connectivity index (χ0v) is 12.8. The molecule has 2 N–H and O–H groups in total. The third kappa shape index (κ3) is 2.62. The molecule has 2 aromatic carbocycles. The normalized spacial score (nSPS) is 13.1. The Labute approximate surface area is 126 Å². The second-order valence-electron chi connectivity index (χ2n) is 5.00. The van der Waals surface area contributed by atoms with Gasteiger partial charge >= 0.3 is 0 Å². The van der Waals surface area contributed by atoms with Gasteiger partial charge in [0.1, 0.15) is 0 Å². The molecule has 0 unspecified atom stereocenters. The summed E-state index contributed by atoms with van der Waals surface area (Å²) in [5.74, 6) is -0.0686. The lowest BCUT2D eigenvalue weighted by Crippen LogP contribution is -2.13. The van der Waals surface area contributed by atoms with Gasteiger partial charge in [0.15, 0.2) is 0 Å². The molecular weight excluding hydrogens is 316 g/mol. The fourth-order valence-corrected chi connectivity index (χ4v) is 2.72. The van der Waals surface area contributed by atoms with E-state index in [9.17, 15) is 4.79 Å². The molecule has 0 aliphatic carbocycles. The summed E-state index contributed by atoms with van der Waals surface area (Å²) in [7, 11) is 0. The number of hydrogen-bond acceptors (Lipinski definition) is 2. The zero-order valence-electron chi connectivity index (χ0n) is 11.2. The van der Waals surface area contributed by atoms with Crippen LogP contribution in [0.3, 0.4) is 0 Å². The van der Waals surface area contributed by atoms with E-state index in [0.29, 0.717) is 5.56 Å². The van der Waals surface area contributed by atoms with Gasteiger partial charge in [-0.3, -0.25) is 4.79 Å². The van der Waals surface area contributed by atoms with E-state index in [-0.39, 0.29) is 5.91 Å². The number of benzene rings is 2. The number of anilines is 1. The Morgan fingerprint density at radius 2 is 1.95 bits per heavy atom. The fourth-order valence-electron chi connectivity index (χ4n) is 2.36. The molecular formula is C16H15BrN2O. The second kappa shape index (κ2) is 5.38. The maximum Gasteiger partial charge on any atom is 0.255 e. The summed E-state index contributed by atoms with van der Waals surface area (Å²) in [6.45, 7) is 3.71. The van der Waals surface area contributed by atoms with Crippen LogP contribution in [0.15, 0.2) is 40.9 Å². The first-order valence-corrected chi connectivity index (χ1v) is 7.33. The molecule has 1 aliphatic heterocycles. The summed E-state index contributed by atoms with van der Waals surface area (Å²) in [5.41, 5.74) is 5.07. The molecule has 1 aliphatic rings. The summed E-state index contributed by atoms with van der Waals surface area (Å²) < 4.78 is 0.955. The smallest absolute Gasteiger partial charge is 0.255 e. The third-order valence-corrected chi connectivity index (χ3v) is 4.04. The lowest BCUT2D eigenvalue weighted by Gasteiger charge is -2.10. The van der Waals surface area contributed by atoms with E-state index in [4.69, 9.17) is 0 Å². The van der Waals surface area contributed by atoms with Gasteiger partial charge < -0.3 is 10.6 Å². The van der Waals surface area contributed by atoms with Crippen LogP contribution >= 0.6 is 15.9 Å². The lowest BCUT2D eigenvalue weighted by atomic mass is 10.1. The van der Waals surface area contributed by atoms with Gasteiger partial charge in [-0.1, -0.05) is 28.1 Å². The summed E-state index contributed by atoms with van der Waals surface area (Å²) in [6, 6.07) is 11.7. The first-order chi connectivity index (χ1) is 9.63.